The van der Waals surface area contributed by atoms with Gasteiger partial charge in [-0.15, -0.1) is 0 Å². The number of nitrogens with one attached hydrogen (secondary N) is 3. The molecular weight excluding hydrogens is 422 g/mol. The van der Waals surface area contributed by atoms with Gasteiger partial charge in [-0.25, -0.2) is 9.97 Å². The summed E-state index contributed by atoms with van der Waals surface area (Å²) < 4.78 is 17.3. The molecule has 1 saturated heterocycles. The van der Waals surface area contributed by atoms with E-state index in [4.69, 9.17) is 31.1 Å². The van der Waals surface area contributed by atoms with Gasteiger partial charge in [0.1, 0.15) is 30.3 Å². The molecule has 0 spiro atoms. The fourth-order valence-electron chi connectivity index (χ4n) is 3.10. The molecule has 1 atom stereocenters. The van der Waals surface area contributed by atoms with Gasteiger partial charge in [-0.2, -0.15) is 10.4 Å². The van der Waals surface area contributed by atoms with E-state index in [1.807, 2.05) is 6.07 Å². The lowest BCUT2D eigenvalue weighted by atomic mass is 10.1. The Bertz CT molecular complexity index is 1080. The molecule has 3 aromatic rings. The molecule has 2 aromatic heterocycles. The number of benzene rings is 1. The summed E-state index contributed by atoms with van der Waals surface area (Å²) >= 11 is 6.46. The minimum Gasteiger partial charge on any atom is -0.496 e. The molecule has 3 heterocycles. The second kappa shape index (κ2) is 9.61. The normalized spacial score (nSPS) is 15.8. The number of aromatic nitrogens is 4. The maximum Gasteiger partial charge on any atom is 0.158 e. The van der Waals surface area contributed by atoms with Gasteiger partial charge < -0.3 is 24.8 Å². The first-order chi connectivity index (χ1) is 15.2. The third kappa shape index (κ3) is 4.86. The number of H-pyrrole nitrogens is 1. The molecule has 160 valence electrons. The van der Waals surface area contributed by atoms with Crippen LogP contribution in [0, 0.1) is 11.3 Å². The Labute approximate surface area is 183 Å². The second-order valence-electron chi connectivity index (χ2n) is 6.65. The number of ether oxygens (including phenoxy) is 3. The topological polar surface area (TPSA) is 130 Å². The van der Waals surface area contributed by atoms with Crippen LogP contribution in [0.15, 0.2) is 30.6 Å². The zero-order valence-corrected chi connectivity index (χ0v) is 17.4. The summed E-state index contributed by atoms with van der Waals surface area (Å²) in [5.74, 6) is 2.01. The van der Waals surface area contributed by atoms with E-state index in [2.05, 4.69) is 30.8 Å². The highest BCUT2D eigenvalue weighted by atomic mass is 35.5. The number of anilines is 2. The Morgan fingerprint density at radius 2 is 2.23 bits per heavy atom. The molecule has 10 nitrogen and oxygen atoms in total. The third-order valence-electron chi connectivity index (χ3n) is 4.58. The van der Waals surface area contributed by atoms with Crippen molar-refractivity contribution in [1.82, 2.24) is 25.5 Å². The highest BCUT2D eigenvalue weighted by molar-refractivity contribution is 6.32. The van der Waals surface area contributed by atoms with Crippen LogP contribution >= 0.6 is 11.6 Å². The van der Waals surface area contributed by atoms with Crippen molar-refractivity contribution in [3.63, 3.8) is 0 Å². The van der Waals surface area contributed by atoms with Gasteiger partial charge in [-0.1, -0.05) is 11.6 Å². The van der Waals surface area contributed by atoms with Gasteiger partial charge in [0.25, 0.3) is 0 Å². The lowest BCUT2D eigenvalue weighted by molar-refractivity contribution is 0.000303. The second-order valence-corrected chi connectivity index (χ2v) is 7.06. The number of aromatic amines is 1. The molecule has 31 heavy (non-hydrogen) atoms. The van der Waals surface area contributed by atoms with Crippen LogP contribution in [0.4, 0.5) is 11.6 Å². The van der Waals surface area contributed by atoms with Gasteiger partial charge >= 0.3 is 0 Å². The Kier molecular flexibility index (Phi) is 6.47. The molecular formula is C20H20ClN7O3. The van der Waals surface area contributed by atoms with Crippen molar-refractivity contribution in [2.45, 2.75) is 6.10 Å². The van der Waals surface area contributed by atoms with Crippen LogP contribution in [-0.4, -0.2) is 59.7 Å². The highest BCUT2D eigenvalue weighted by Gasteiger charge is 2.21. The molecule has 3 N–H and O–H groups in total. The Morgan fingerprint density at radius 3 is 2.94 bits per heavy atom. The van der Waals surface area contributed by atoms with Crippen molar-refractivity contribution in [3.8, 4) is 28.8 Å². The largest absolute Gasteiger partial charge is 0.496 e. The van der Waals surface area contributed by atoms with Crippen LogP contribution in [0.1, 0.15) is 5.69 Å². The van der Waals surface area contributed by atoms with Gasteiger partial charge in [-0.3, -0.25) is 5.10 Å². The fourth-order valence-corrected chi connectivity index (χ4v) is 3.32. The lowest BCUT2D eigenvalue weighted by Gasteiger charge is -2.24. The molecule has 0 amide bonds. The number of halogens is 1. The van der Waals surface area contributed by atoms with Gasteiger partial charge in [-0.05, 0) is 12.1 Å². The Morgan fingerprint density at radius 1 is 1.32 bits per heavy atom. The molecule has 1 fully saturated rings. The number of hydrogen-bond donors (Lipinski definition) is 3. The standard InChI is InChI=1S/C20H20ClN7O3/c1-29-16-3-2-14(21)20(31-11-13-9-23-4-5-30-13)19(16)15-6-17(28-27-15)26-18-10-24-12(7-22)8-25-18/h2-3,6,8,10,13,23H,4-5,9,11H2,1H3,(H2,25,26,27,28). The van der Waals surface area contributed by atoms with Crippen LogP contribution < -0.4 is 20.1 Å². The lowest BCUT2D eigenvalue weighted by Crippen LogP contribution is -2.41. The van der Waals surface area contributed by atoms with E-state index in [-0.39, 0.29) is 11.8 Å². The number of nitrogens with zero attached hydrogens (tertiary/aromatic N) is 4. The molecule has 4 rings (SSSR count). The molecule has 1 aliphatic rings. The molecule has 1 aromatic carbocycles. The van der Waals surface area contributed by atoms with Crippen molar-refractivity contribution in [2.75, 3.05) is 38.7 Å². The summed E-state index contributed by atoms with van der Waals surface area (Å²) in [5.41, 5.74) is 1.52. The molecule has 1 unspecified atom stereocenters. The van der Waals surface area contributed by atoms with Crippen molar-refractivity contribution >= 4 is 23.2 Å². The maximum absolute atomic E-state index is 8.84. The van der Waals surface area contributed by atoms with Crippen LogP contribution in [0.25, 0.3) is 11.3 Å². The zero-order valence-electron chi connectivity index (χ0n) is 16.7. The quantitative estimate of drug-likeness (QED) is 0.506. The van der Waals surface area contributed by atoms with Crippen LogP contribution in [0.2, 0.25) is 5.02 Å². The van der Waals surface area contributed by atoms with Crippen LogP contribution in [0.3, 0.4) is 0 Å². The van der Waals surface area contributed by atoms with Crippen molar-refractivity contribution < 1.29 is 14.2 Å². The van der Waals surface area contributed by atoms with Gasteiger partial charge in [0.2, 0.25) is 0 Å². The smallest absolute Gasteiger partial charge is 0.158 e. The van der Waals surface area contributed by atoms with Crippen molar-refractivity contribution in [2.24, 2.45) is 0 Å². The number of hydrogen-bond acceptors (Lipinski definition) is 9. The summed E-state index contributed by atoms with van der Waals surface area (Å²) in [5, 5.41) is 22.8. The monoisotopic (exact) mass is 441 g/mol. The van der Waals surface area contributed by atoms with E-state index in [9.17, 15) is 0 Å². The van der Waals surface area contributed by atoms with E-state index in [0.29, 0.717) is 59.2 Å². The minimum absolute atomic E-state index is 0.0715. The molecule has 1 aliphatic heterocycles. The predicted octanol–water partition coefficient (Wildman–Crippen LogP) is 2.51. The highest BCUT2D eigenvalue weighted by Crippen LogP contribution is 2.43. The number of methoxy groups -OCH3 is 1. The minimum atomic E-state index is -0.0715. The van der Waals surface area contributed by atoms with E-state index < -0.39 is 0 Å². The molecule has 0 bridgehead atoms. The van der Waals surface area contributed by atoms with Gasteiger partial charge in [0.05, 0.1) is 42.4 Å². The third-order valence-corrected chi connectivity index (χ3v) is 4.88. The van der Waals surface area contributed by atoms with E-state index in [1.54, 1.807) is 25.3 Å². The average Bonchev–Trinajstić information content (AvgIpc) is 3.27. The first-order valence-corrected chi connectivity index (χ1v) is 9.92. The van der Waals surface area contributed by atoms with E-state index >= 15 is 0 Å². The summed E-state index contributed by atoms with van der Waals surface area (Å²) in [6.45, 7) is 2.52. The van der Waals surface area contributed by atoms with Gasteiger partial charge in [0, 0.05) is 19.2 Å². The van der Waals surface area contributed by atoms with Crippen LogP contribution in [0.5, 0.6) is 11.5 Å². The zero-order chi connectivity index (χ0) is 21.6. The van der Waals surface area contributed by atoms with E-state index in [1.165, 1.54) is 12.4 Å². The molecule has 0 saturated carbocycles. The Balaban J connectivity index is 1.58. The first kappa shape index (κ1) is 20.9. The summed E-state index contributed by atoms with van der Waals surface area (Å²) in [6.07, 6.45) is 2.77. The average molecular weight is 442 g/mol. The molecule has 0 aliphatic carbocycles. The van der Waals surface area contributed by atoms with E-state index in [0.717, 1.165) is 6.54 Å². The molecule has 11 heteroatoms. The SMILES string of the molecule is COc1ccc(Cl)c(OCC2CNCCO2)c1-c1cc(Nc2cnc(C#N)cn2)n[nH]1. The maximum atomic E-state index is 8.84. The molecule has 0 radical (unpaired) electrons. The number of rotatable bonds is 7. The summed E-state index contributed by atoms with van der Waals surface area (Å²) in [7, 11) is 1.58. The first-order valence-electron chi connectivity index (χ1n) is 9.54. The van der Waals surface area contributed by atoms with Crippen LogP contribution in [-0.2, 0) is 4.74 Å². The Hall–Kier alpha value is -3.39. The van der Waals surface area contributed by atoms with Crippen molar-refractivity contribution in [3.05, 3.63) is 41.3 Å². The summed E-state index contributed by atoms with van der Waals surface area (Å²) in [6, 6.07) is 7.19. The fraction of sp³-hybridized carbons (Fsp3) is 0.300. The predicted molar refractivity (Wildman–Crippen MR) is 114 cm³/mol. The van der Waals surface area contributed by atoms with Crippen molar-refractivity contribution in [1.29, 1.82) is 5.26 Å². The number of nitriles is 1. The van der Waals surface area contributed by atoms with Gasteiger partial charge in [0.15, 0.2) is 17.3 Å². The number of morpholine rings is 1. The summed E-state index contributed by atoms with van der Waals surface area (Å²) in [4.78, 5) is 8.11.